The highest BCUT2D eigenvalue weighted by Crippen LogP contribution is 2.58. The lowest BCUT2D eigenvalue weighted by Crippen LogP contribution is -2.56. The van der Waals surface area contributed by atoms with Crippen LogP contribution >= 0.6 is 0 Å². The van der Waals surface area contributed by atoms with Crippen molar-refractivity contribution >= 4 is 0 Å². The zero-order valence-electron chi connectivity index (χ0n) is 13.7. The van der Waals surface area contributed by atoms with Crippen LogP contribution < -0.4 is 5.32 Å². The molecule has 1 aliphatic heterocycles. The molecule has 0 aromatic rings. The Morgan fingerprint density at radius 1 is 1.05 bits per heavy atom. The molecular formula is C19H33NO. The second-order valence-corrected chi connectivity index (χ2v) is 8.47. The number of nitrogens with one attached hydrogen (secondary N) is 1. The summed E-state index contributed by atoms with van der Waals surface area (Å²) in [4.78, 5) is 0. The summed E-state index contributed by atoms with van der Waals surface area (Å²) in [5.41, 5.74) is 0. The lowest BCUT2D eigenvalue weighted by molar-refractivity contribution is -0.0740. The van der Waals surface area contributed by atoms with Crippen LogP contribution in [0.15, 0.2) is 0 Å². The van der Waals surface area contributed by atoms with Gasteiger partial charge >= 0.3 is 0 Å². The van der Waals surface area contributed by atoms with Crippen molar-refractivity contribution in [3.8, 4) is 0 Å². The lowest BCUT2D eigenvalue weighted by Gasteiger charge is -2.57. The lowest BCUT2D eigenvalue weighted by atomic mass is 9.49. The fourth-order valence-electron chi connectivity index (χ4n) is 6.53. The van der Waals surface area contributed by atoms with Crippen LogP contribution in [0.25, 0.3) is 0 Å². The van der Waals surface area contributed by atoms with Gasteiger partial charge in [-0.2, -0.15) is 0 Å². The summed E-state index contributed by atoms with van der Waals surface area (Å²) in [6.07, 6.45) is 11.7. The summed E-state index contributed by atoms with van der Waals surface area (Å²) in [6, 6.07) is 0.750. The molecule has 0 amide bonds. The second-order valence-electron chi connectivity index (χ2n) is 8.47. The van der Waals surface area contributed by atoms with Gasteiger partial charge in [-0.15, -0.1) is 0 Å². The standard InChI is InChI=1S/C19H33NO/c1-2-5-20-19(15-4-3-6-21-12-15)18-16-8-13-7-14(10-16)11-17(18)9-13/h13-20H,2-12H2,1H3. The average Bonchev–Trinajstić information content (AvgIpc) is 2.50. The van der Waals surface area contributed by atoms with Crippen LogP contribution in [0.1, 0.15) is 58.3 Å². The molecule has 5 fully saturated rings. The van der Waals surface area contributed by atoms with Crippen molar-refractivity contribution in [1.29, 1.82) is 0 Å². The minimum atomic E-state index is 0.750. The molecular weight excluding hydrogens is 258 g/mol. The fourth-order valence-corrected chi connectivity index (χ4v) is 6.53. The van der Waals surface area contributed by atoms with Gasteiger partial charge in [-0.05, 0) is 93.4 Å². The molecule has 1 N–H and O–H groups in total. The fraction of sp³-hybridized carbons (Fsp3) is 1.00. The van der Waals surface area contributed by atoms with Gasteiger partial charge in [0.05, 0.1) is 6.61 Å². The monoisotopic (exact) mass is 291 g/mol. The van der Waals surface area contributed by atoms with Gasteiger partial charge in [-0.25, -0.2) is 0 Å². The highest BCUT2D eigenvalue weighted by atomic mass is 16.5. The van der Waals surface area contributed by atoms with E-state index in [1.807, 2.05) is 0 Å². The molecule has 120 valence electrons. The first kappa shape index (κ1) is 14.5. The van der Waals surface area contributed by atoms with E-state index in [1.165, 1.54) is 25.8 Å². The van der Waals surface area contributed by atoms with Crippen molar-refractivity contribution in [2.75, 3.05) is 19.8 Å². The number of ether oxygens (including phenoxy) is 1. The molecule has 5 rings (SSSR count). The number of hydrogen-bond acceptors (Lipinski definition) is 2. The SMILES string of the molecule is CCCNC(C1CCCOC1)C1C2CC3CC(C2)CC1C3. The van der Waals surface area contributed by atoms with E-state index in [1.54, 1.807) is 32.1 Å². The normalized spacial score (nSPS) is 46.7. The highest BCUT2D eigenvalue weighted by Gasteiger charge is 2.51. The van der Waals surface area contributed by atoms with E-state index < -0.39 is 0 Å². The van der Waals surface area contributed by atoms with E-state index in [4.69, 9.17) is 4.74 Å². The molecule has 1 saturated heterocycles. The number of hydrogen-bond donors (Lipinski definition) is 1. The zero-order valence-corrected chi connectivity index (χ0v) is 13.7. The highest BCUT2D eigenvalue weighted by molar-refractivity contribution is 5.03. The molecule has 21 heavy (non-hydrogen) atoms. The van der Waals surface area contributed by atoms with Gasteiger partial charge in [0.2, 0.25) is 0 Å². The van der Waals surface area contributed by atoms with Crippen LogP contribution in [0.3, 0.4) is 0 Å². The zero-order chi connectivity index (χ0) is 14.2. The van der Waals surface area contributed by atoms with E-state index in [0.29, 0.717) is 0 Å². The smallest absolute Gasteiger partial charge is 0.0509 e. The summed E-state index contributed by atoms with van der Waals surface area (Å²) in [7, 11) is 0. The first-order valence-electron chi connectivity index (χ1n) is 9.66. The van der Waals surface area contributed by atoms with Gasteiger partial charge in [-0.3, -0.25) is 0 Å². The van der Waals surface area contributed by atoms with E-state index in [9.17, 15) is 0 Å². The third-order valence-corrected chi connectivity index (χ3v) is 7.05. The largest absolute Gasteiger partial charge is 0.381 e. The third-order valence-electron chi connectivity index (χ3n) is 7.05. The van der Waals surface area contributed by atoms with Crippen LogP contribution in [0.4, 0.5) is 0 Å². The average molecular weight is 291 g/mol. The van der Waals surface area contributed by atoms with Crippen LogP contribution in [-0.4, -0.2) is 25.8 Å². The molecule has 2 nitrogen and oxygen atoms in total. The first-order chi connectivity index (χ1) is 10.3. The Balaban J connectivity index is 1.51. The summed E-state index contributed by atoms with van der Waals surface area (Å²) in [6.45, 7) is 5.52. The van der Waals surface area contributed by atoms with Crippen molar-refractivity contribution in [2.45, 2.75) is 64.3 Å². The minimum Gasteiger partial charge on any atom is -0.381 e. The third kappa shape index (κ3) is 2.79. The van der Waals surface area contributed by atoms with Crippen LogP contribution in [0.2, 0.25) is 0 Å². The second kappa shape index (κ2) is 6.20. The molecule has 5 aliphatic rings. The van der Waals surface area contributed by atoms with Gasteiger partial charge < -0.3 is 10.1 Å². The van der Waals surface area contributed by atoms with Gasteiger partial charge in [0.15, 0.2) is 0 Å². The van der Waals surface area contributed by atoms with Crippen molar-refractivity contribution in [1.82, 2.24) is 5.32 Å². The van der Waals surface area contributed by atoms with E-state index in [0.717, 1.165) is 54.8 Å². The summed E-state index contributed by atoms with van der Waals surface area (Å²) in [5.74, 6) is 6.02. The molecule has 0 aromatic carbocycles. The molecule has 1 heterocycles. The first-order valence-corrected chi connectivity index (χ1v) is 9.66. The van der Waals surface area contributed by atoms with Gasteiger partial charge in [0.25, 0.3) is 0 Å². The molecule has 2 heteroatoms. The molecule has 0 spiro atoms. The van der Waals surface area contributed by atoms with E-state index >= 15 is 0 Å². The molecule has 2 unspecified atom stereocenters. The molecule has 0 radical (unpaired) electrons. The van der Waals surface area contributed by atoms with Gasteiger partial charge in [0, 0.05) is 12.6 Å². The maximum Gasteiger partial charge on any atom is 0.0509 e. The topological polar surface area (TPSA) is 21.3 Å². The molecule has 0 aromatic heterocycles. The van der Waals surface area contributed by atoms with E-state index in [2.05, 4.69) is 12.2 Å². The number of rotatable bonds is 5. The molecule has 2 atom stereocenters. The predicted molar refractivity (Wildman–Crippen MR) is 86.2 cm³/mol. The Hall–Kier alpha value is -0.0800. The van der Waals surface area contributed by atoms with Crippen LogP contribution in [0, 0.1) is 35.5 Å². The van der Waals surface area contributed by atoms with Crippen molar-refractivity contribution < 1.29 is 4.74 Å². The Morgan fingerprint density at radius 3 is 2.33 bits per heavy atom. The minimum absolute atomic E-state index is 0.750. The van der Waals surface area contributed by atoms with Gasteiger partial charge in [-0.1, -0.05) is 6.92 Å². The van der Waals surface area contributed by atoms with Crippen molar-refractivity contribution in [3.63, 3.8) is 0 Å². The van der Waals surface area contributed by atoms with Crippen molar-refractivity contribution in [3.05, 3.63) is 0 Å². The van der Waals surface area contributed by atoms with E-state index in [-0.39, 0.29) is 0 Å². The van der Waals surface area contributed by atoms with Gasteiger partial charge in [0.1, 0.15) is 0 Å². The van der Waals surface area contributed by atoms with Crippen LogP contribution in [-0.2, 0) is 4.74 Å². The Labute approximate surface area is 130 Å². The van der Waals surface area contributed by atoms with Crippen molar-refractivity contribution in [2.24, 2.45) is 35.5 Å². The molecule has 4 aliphatic carbocycles. The maximum absolute atomic E-state index is 5.85. The predicted octanol–water partition coefficient (Wildman–Crippen LogP) is 3.85. The quantitative estimate of drug-likeness (QED) is 0.830. The Bertz CT molecular complexity index is 321. The maximum atomic E-state index is 5.85. The molecule has 4 saturated carbocycles. The Kier molecular flexibility index (Phi) is 4.28. The summed E-state index contributed by atoms with van der Waals surface area (Å²) >= 11 is 0. The summed E-state index contributed by atoms with van der Waals surface area (Å²) in [5, 5.41) is 3.99. The Morgan fingerprint density at radius 2 is 1.76 bits per heavy atom. The summed E-state index contributed by atoms with van der Waals surface area (Å²) < 4.78 is 5.85. The molecule has 4 bridgehead atoms. The van der Waals surface area contributed by atoms with Crippen LogP contribution in [0.5, 0.6) is 0 Å².